The number of anilines is 1. The average Bonchev–Trinajstić information content (AvgIpc) is 2.74. The Morgan fingerprint density at radius 2 is 1.77 bits per heavy atom. The summed E-state index contributed by atoms with van der Waals surface area (Å²) >= 11 is 0. The Hall–Kier alpha value is -2.07. The van der Waals surface area contributed by atoms with Gasteiger partial charge in [-0.05, 0) is 25.6 Å². The van der Waals surface area contributed by atoms with Crippen LogP contribution in [0.4, 0.5) is 19.0 Å². The smallest absolute Gasteiger partial charge is 0.354 e. The van der Waals surface area contributed by atoms with Gasteiger partial charge in [-0.3, -0.25) is 9.89 Å². The van der Waals surface area contributed by atoms with Crippen LogP contribution in [0.5, 0.6) is 0 Å². The van der Waals surface area contributed by atoms with Crippen LogP contribution in [0.2, 0.25) is 0 Å². The summed E-state index contributed by atoms with van der Waals surface area (Å²) in [6, 6.07) is 2.69. The van der Waals surface area contributed by atoms with E-state index in [1.807, 2.05) is 17.2 Å². The molecule has 0 aromatic carbocycles. The quantitative estimate of drug-likeness (QED) is 0.580. The third-order valence-corrected chi connectivity index (χ3v) is 5.93. The molecule has 2 fully saturated rings. The summed E-state index contributed by atoms with van der Waals surface area (Å²) in [5.41, 5.74) is 1.04. The van der Waals surface area contributed by atoms with Crippen molar-refractivity contribution < 1.29 is 13.2 Å². The predicted molar refractivity (Wildman–Crippen MR) is 113 cm³/mol. The molecule has 0 bridgehead atoms. The van der Waals surface area contributed by atoms with E-state index in [9.17, 15) is 13.2 Å². The fraction of sp³-hybridized carbons (Fsp3) is 0.700. The molecule has 0 amide bonds. The summed E-state index contributed by atoms with van der Waals surface area (Å²) in [7, 11) is 3.82. The van der Waals surface area contributed by atoms with Crippen LogP contribution in [-0.4, -0.2) is 104 Å². The number of hydrogen-bond donors (Lipinski definition) is 1. The molecule has 3 rings (SSSR count). The zero-order valence-electron chi connectivity index (χ0n) is 18.0. The first-order valence-electron chi connectivity index (χ1n) is 10.4. The summed E-state index contributed by atoms with van der Waals surface area (Å²) in [6.45, 7) is 7.59. The van der Waals surface area contributed by atoms with Gasteiger partial charge in [0, 0.05) is 72.1 Å². The van der Waals surface area contributed by atoms with Gasteiger partial charge in [0.2, 0.25) is 0 Å². The zero-order chi connectivity index (χ0) is 21.7. The summed E-state index contributed by atoms with van der Waals surface area (Å²) in [5.74, 6) is 1.70. The summed E-state index contributed by atoms with van der Waals surface area (Å²) in [6.07, 6.45) is -2.32. The Labute approximate surface area is 176 Å². The molecule has 1 N–H and O–H groups in total. The minimum Gasteiger partial charge on any atom is -0.354 e. The van der Waals surface area contributed by atoms with E-state index in [1.165, 1.54) is 11.8 Å². The largest absolute Gasteiger partial charge is 0.403 e. The lowest BCUT2D eigenvalue weighted by Crippen LogP contribution is -2.56. The second-order valence-electron chi connectivity index (χ2n) is 7.96. The lowest BCUT2D eigenvalue weighted by atomic mass is 10.2. The third-order valence-electron chi connectivity index (χ3n) is 5.93. The maximum absolute atomic E-state index is 12.9. The molecule has 7 nitrogen and oxygen atoms in total. The normalized spacial score (nSPS) is 21.1. The molecule has 1 atom stereocenters. The number of pyridine rings is 1. The van der Waals surface area contributed by atoms with Gasteiger partial charge in [-0.1, -0.05) is 6.07 Å². The fourth-order valence-electron chi connectivity index (χ4n) is 3.79. The van der Waals surface area contributed by atoms with Gasteiger partial charge in [-0.2, -0.15) is 13.2 Å². The molecule has 2 saturated heterocycles. The van der Waals surface area contributed by atoms with E-state index in [0.717, 1.165) is 37.6 Å². The molecule has 1 unspecified atom stereocenters. The molecule has 0 radical (unpaired) electrons. The Bertz CT molecular complexity index is 691. The highest BCUT2D eigenvalue weighted by Crippen LogP contribution is 2.25. The predicted octanol–water partition coefficient (Wildman–Crippen LogP) is 1.48. The highest BCUT2D eigenvalue weighted by Gasteiger charge is 2.41. The van der Waals surface area contributed by atoms with Gasteiger partial charge in [-0.25, -0.2) is 4.98 Å². The Kier molecular flexibility index (Phi) is 7.41. The molecule has 3 heterocycles. The number of halogens is 3. The van der Waals surface area contributed by atoms with Crippen molar-refractivity contribution >= 4 is 11.8 Å². The molecular weight excluding hydrogens is 395 g/mol. The number of rotatable bonds is 4. The zero-order valence-corrected chi connectivity index (χ0v) is 18.0. The minimum absolute atomic E-state index is 0.364. The van der Waals surface area contributed by atoms with Crippen molar-refractivity contribution in [2.24, 2.45) is 4.99 Å². The van der Waals surface area contributed by atoms with E-state index < -0.39 is 12.2 Å². The van der Waals surface area contributed by atoms with Gasteiger partial charge in [-0.15, -0.1) is 0 Å². The van der Waals surface area contributed by atoms with Crippen molar-refractivity contribution in [2.75, 3.05) is 71.4 Å². The van der Waals surface area contributed by atoms with Crippen LogP contribution >= 0.6 is 0 Å². The van der Waals surface area contributed by atoms with E-state index in [-0.39, 0.29) is 0 Å². The summed E-state index contributed by atoms with van der Waals surface area (Å²) in [5, 5.41) is 3.31. The van der Waals surface area contributed by atoms with Crippen LogP contribution in [0.1, 0.15) is 12.5 Å². The maximum Gasteiger partial charge on any atom is 0.403 e. The molecule has 1 aromatic heterocycles. The van der Waals surface area contributed by atoms with Crippen molar-refractivity contribution in [1.82, 2.24) is 25.0 Å². The van der Waals surface area contributed by atoms with Crippen LogP contribution in [0.15, 0.2) is 23.3 Å². The first kappa shape index (κ1) is 22.6. The Morgan fingerprint density at radius 3 is 2.30 bits per heavy atom. The number of piperazine rings is 2. The number of aliphatic imine (C=N–C) groups is 1. The van der Waals surface area contributed by atoms with Gasteiger partial charge in [0.25, 0.3) is 0 Å². The standard InChI is InChI=1S/C20H32F3N7/c1-16(20(21,22)23)28-10-12-30(13-11-28)19(24-2)26-15-17-4-5-18(25-14-17)29-8-6-27(3)7-9-29/h4-5,14,16H,6-13,15H2,1-3H3,(H,24,26). The molecule has 30 heavy (non-hydrogen) atoms. The van der Waals surface area contributed by atoms with E-state index in [1.54, 1.807) is 7.05 Å². The van der Waals surface area contributed by atoms with E-state index in [0.29, 0.717) is 38.7 Å². The summed E-state index contributed by atoms with van der Waals surface area (Å²) in [4.78, 5) is 17.0. The van der Waals surface area contributed by atoms with Crippen LogP contribution in [-0.2, 0) is 6.54 Å². The van der Waals surface area contributed by atoms with E-state index in [4.69, 9.17) is 0 Å². The van der Waals surface area contributed by atoms with Crippen molar-refractivity contribution in [3.8, 4) is 0 Å². The number of alkyl halides is 3. The van der Waals surface area contributed by atoms with Crippen LogP contribution in [0, 0.1) is 0 Å². The van der Waals surface area contributed by atoms with Gasteiger partial charge in [0.1, 0.15) is 11.9 Å². The number of guanidine groups is 1. The highest BCUT2D eigenvalue weighted by molar-refractivity contribution is 5.80. The van der Waals surface area contributed by atoms with Gasteiger partial charge >= 0.3 is 6.18 Å². The van der Waals surface area contributed by atoms with Crippen molar-refractivity contribution in [2.45, 2.75) is 25.7 Å². The summed E-state index contributed by atoms with van der Waals surface area (Å²) < 4.78 is 38.8. The van der Waals surface area contributed by atoms with Crippen molar-refractivity contribution in [3.05, 3.63) is 23.9 Å². The molecule has 1 aromatic rings. The molecule has 0 spiro atoms. The third kappa shape index (κ3) is 5.75. The number of nitrogens with one attached hydrogen (secondary N) is 1. The number of nitrogens with zero attached hydrogens (tertiary/aromatic N) is 6. The molecule has 2 aliphatic rings. The minimum atomic E-state index is -4.19. The molecule has 2 aliphatic heterocycles. The SMILES string of the molecule is CN=C(NCc1ccc(N2CCN(C)CC2)nc1)N1CCN(C(C)C(F)(F)F)CC1. The van der Waals surface area contributed by atoms with Crippen LogP contribution in [0.25, 0.3) is 0 Å². The number of hydrogen-bond acceptors (Lipinski definition) is 5. The van der Waals surface area contributed by atoms with Crippen molar-refractivity contribution in [3.63, 3.8) is 0 Å². The molecule has 168 valence electrons. The lowest BCUT2D eigenvalue weighted by Gasteiger charge is -2.39. The molecule has 0 saturated carbocycles. The van der Waals surface area contributed by atoms with Gasteiger partial charge in [0.05, 0.1) is 0 Å². The molecule has 0 aliphatic carbocycles. The fourth-order valence-corrected chi connectivity index (χ4v) is 3.79. The maximum atomic E-state index is 12.9. The molecule has 10 heteroatoms. The second-order valence-corrected chi connectivity index (χ2v) is 7.96. The Morgan fingerprint density at radius 1 is 1.10 bits per heavy atom. The Balaban J connectivity index is 1.48. The average molecular weight is 428 g/mol. The van der Waals surface area contributed by atoms with Gasteiger partial charge < -0.3 is 20.0 Å². The van der Waals surface area contributed by atoms with Crippen LogP contribution in [0.3, 0.4) is 0 Å². The highest BCUT2D eigenvalue weighted by atomic mass is 19.4. The number of likely N-dealkylation sites (N-methyl/N-ethyl adjacent to an activating group) is 1. The van der Waals surface area contributed by atoms with E-state index >= 15 is 0 Å². The molecular formula is C20H32F3N7. The van der Waals surface area contributed by atoms with E-state index in [2.05, 4.69) is 38.2 Å². The lowest BCUT2D eigenvalue weighted by molar-refractivity contribution is -0.181. The second kappa shape index (κ2) is 9.82. The first-order chi connectivity index (χ1) is 14.3. The topological polar surface area (TPSA) is 50.2 Å². The van der Waals surface area contributed by atoms with Gasteiger partial charge in [0.15, 0.2) is 5.96 Å². The monoisotopic (exact) mass is 427 g/mol. The van der Waals surface area contributed by atoms with Crippen molar-refractivity contribution in [1.29, 1.82) is 0 Å². The first-order valence-corrected chi connectivity index (χ1v) is 10.4. The number of aromatic nitrogens is 1. The van der Waals surface area contributed by atoms with Crippen LogP contribution < -0.4 is 10.2 Å².